The molecule has 0 atom stereocenters. The van der Waals surface area contributed by atoms with E-state index in [1.807, 2.05) is 65.0 Å². The highest BCUT2D eigenvalue weighted by Crippen LogP contribution is 2.25. The molecule has 2 N–H and O–H groups in total. The molecule has 0 aliphatic rings. The van der Waals surface area contributed by atoms with Crippen LogP contribution in [0.15, 0.2) is 92.1 Å². The van der Waals surface area contributed by atoms with Gasteiger partial charge < -0.3 is 57.9 Å². The molecule has 2 aromatic carbocycles. The van der Waals surface area contributed by atoms with Gasteiger partial charge in [0.05, 0.1) is 137 Å². The van der Waals surface area contributed by atoms with E-state index in [1.165, 1.54) is 22.7 Å². The van der Waals surface area contributed by atoms with Gasteiger partial charge in [0.2, 0.25) is 5.13 Å². The molecule has 0 saturated carbocycles. The minimum atomic E-state index is 0.00284. The summed E-state index contributed by atoms with van der Waals surface area (Å²) in [6.45, 7) is 9.82. The lowest BCUT2D eigenvalue weighted by molar-refractivity contribution is -0.654. The van der Waals surface area contributed by atoms with Gasteiger partial charge in [-0.1, -0.05) is 0 Å². The Morgan fingerprint density at radius 1 is 0.492 bits per heavy atom. The fourth-order valence-corrected chi connectivity index (χ4v) is 6.47. The lowest BCUT2D eigenvalue weighted by Gasteiger charge is -2.30. The zero-order valence-electron chi connectivity index (χ0n) is 35.0. The van der Waals surface area contributed by atoms with Crippen LogP contribution in [0, 0.1) is 0 Å². The summed E-state index contributed by atoms with van der Waals surface area (Å²) in [7, 11) is 1.95. The van der Waals surface area contributed by atoms with Crippen molar-refractivity contribution in [3.05, 3.63) is 71.7 Å². The molecule has 20 heteroatoms. The van der Waals surface area contributed by atoms with Gasteiger partial charge in [-0.2, -0.15) is 0 Å². The molecule has 0 saturated heterocycles. The molecule has 4 rings (SSSR count). The second-order valence-electron chi connectivity index (χ2n) is 12.9. The van der Waals surface area contributed by atoms with Crippen LogP contribution in [0.4, 0.5) is 33.0 Å². The number of nitrogens with zero attached hydrogens (tertiary/aromatic N) is 8. The standard InChI is InChI=1S/C41H61N8O10S2/c1-47-15-35-61-41(47)46-44-37-4-8-39(9-5-37)49(14-19-53-23-27-57-31-33-59-29-25-55-21-17-51)12-11-48(13-18-52-22-26-56-30-32-58-28-24-54-20-16-50)38-6-2-36(3-7-38)43-45-40-42-10-34-60-40/h2-10,15,34-35,50-51H,11-14,16-33H2,1H3/q+1/b45-43+. The van der Waals surface area contributed by atoms with Gasteiger partial charge in [-0.05, 0) is 65.0 Å². The van der Waals surface area contributed by atoms with E-state index >= 15 is 0 Å². The fourth-order valence-electron chi connectivity index (χ4n) is 5.33. The number of rotatable bonds is 37. The summed E-state index contributed by atoms with van der Waals surface area (Å²) < 4.78 is 46.6. The maximum absolute atomic E-state index is 8.77. The molecule has 336 valence electrons. The molecule has 0 spiro atoms. The first-order valence-electron chi connectivity index (χ1n) is 20.4. The third kappa shape index (κ3) is 22.1. The van der Waals surface area contributed by atoms with E-state index in [-0.39, 0.29) is 13.2 Å². The van der Waals surface area contributed by atoms with Crippen molar-refractivity contribution in [3.8, 4) is 0 Å². The first kappa shape index (κ1) is 49.8. The van der Waals surface area contributed by atoms with Crippen molar-refractivity contribution in [2.24, 2.45) is 27.5 Å². The van der Waals surface area contributed by atoms with Gasteiger partial charge in [0.25, 0.3) is 0 Å². The molecule has 0 unspecified atom stereocenters. The van der Waals surface area contributed by atoms with Crippen molar-refractivity contribution in [2.75, 3.05) is 155 Å². The molecule has 0 amide bonds. The van der Waals surface area contributed by atoms with Gasteiger partial charge in [0.15, 0.2) is 0 Å². The second-order valence-corrected chi connectivity index (χ2v) is 14.6. The molecule has 4 aromatic rings. The van der Waals surface area contributed by atoms with Crippen LogP contribution in [0.25, 0.3) is 0 Å². The number of hydrogen-bond donors (Lipinski definition) is 2. The van der Waals surface area contributed by atoms with Gasteiger partial charge in [-0.25, -0.2) is 9.55 Å². The zero-order valence-corrected chi connectivity index (χ0v) is 36.7. The maximum Gasteiger partial charge on any atom is 0.408 e. The first-order chi connectivity index (χ1) is 30.2. The predicted octanol–water partition coefficient (Wildman–Crippen LogP) is 5.29. The normalized spacial score (nSPS) is 11.7. The summed E-state index contributed by atoms with van der Waals surface area (Å²) in [4.78, 5) is 8.77. The number of aliphatic hydroxyl groups excluding tert-OH is 2. The second kappa shape index (κ2) is 32.8. The average molecular weight is 890 g/mol. The number of azo groups is 2. The maximum atomic E-state index is 8.77. The Hall–Kier alpha value is -3.90. The third-order valence-corrected chi connectivity index (χ3v) is 9.96. The van der Waals surface area contributed by atoms with Gasteiger partial charge in [0, 0.05) is 54.5 Å². The molecular formula is C41H61N8O10S2+. The van der Waals surface area contributed by atoms with Crippen LogP contribution in [0.2, 0.25) is 0 Å². The van der Waals surface area contributed by atoms with E-state index in [9.17, 15) is 0 Å². The summed E-state index contributed by atoms with van der Waals surface area (Å²) >= 11 is 2.97. The topological polar surface area (TPSA) is 187 Å². The lowest BCUT2D eigenvalue weighted by atomic mass is 10.2. The van der Waals surface area contributed by atoms with Crippen LogP contribution in [-0.2, 0) is 44.9 Å². The largest absolute Gasteiger partial charge is 0.408 e. The van der Waals surface area contributed by atoms with Gasteiger partial charge in [-0.15, -0.1) is 21.6 Å². The molecule has 0 fully saturated rings. The number of hydrogen-bond acceptors (Lipinski definition) is 19. The number of thiazole rings is 2. The molecule has 0 aliphatic carbocycles. The van der Waals surface area contributed by atoms with Crippen LogP contribution >= 0.6 is 22.7 Å². The Morgan fingerprint density at radius 3 is 1.28 bits per heavy atom. The number of aliphatic hydroxyl groups is 2. The van der Waals surface area contributed by atoms with Crippen LogP contribution < -0.4 is 14.4 Å². The van der Waals surface area contributed by atoms with Crippen LogP contribution in [0.3, 0.4) is 0 Å². The van der Waals surface area contributed by atoms with E-state index < -0.39 is 0 Å². The molecule has 61 heavy (non-hydrogen) atoms. The number of anilines is 2. The van der Waals surface area contributed by atoms with Crippen molar-refractivity contribution in [1.29, 1.82) is 0 Å². The van der Waals surface area contributed by atoms with Crippen molar-refractivity contribution in [1.82, 2.24) is 4.98 Å². The minimum Gasteiger partial charge on any atom is -0.394 e. The Kier molecular flexibility index (Phi) is 26.7. The van der Waals surface area contributed by atoms with E-state index in [1.54, 1.807) is 6.20 Å². The van der Waals surface area contributed by atoms with Gasteiger partial charge in [0.1, 0.15) is 11.9 Å². The molecule has 2 heterocycles. The Balaban J connectivity index is 1.32. The SMILES string of the molecule is C[n+]1ccsc1N=Nc1ccc(N(CCOCCOCCOCCOCCO)CCN(CCOCCOCCOCCOCCO)c2ccc(/N=N/c3nccs3)cc2)cc1. The van der Waals surface area contributed by atoms with E-state index in [0.717, 1.165) is 27.9 Å². The minimum absolute atomic E-state index is 0.00284. The fraction of sp³-hybridized carbons (Fsp3) is 0.561. The van der Waals surface area contributed by atoms with E-state index in [4.69, 9.17) is 48.1 Å². The first-order valence-corrected chi connectivity index (χ1v) is 22.1. The summed E-state index contributed by atoms with van der Waals surface area (Å²) in [6, 6.07) is 16.1. The van der Waals surface area contributed by atoms with Crippen molar-refractivity contribution >= 4 is 55.7 Å². The van der Waals surface area contributed by atoms with Crippen molar-refractivity contribution in [2.45, 2.75) is 0 Å². The quantitative estimate of drug-likeness (QED) is 0.0338. The Labute approximate surface area is 366 Å². The zero-order chi connectivity index (χ0) is 42.8. The smallest absolute Gasteiger partial charge is 0.394 e. The Morgan fingerprint density at radius 2 is 0.902 bits per heavy atom. The van der Waals surface area contributed by atoms with Crippen LogP contribution in [0.5, 0.6) is 0 Å². The number of aromatic nitrogens is 2. The monoisotopic (exact) mass is 889 g/mol. The summed E-state index contributed by atoms with van der Waals surface area (Å²) in [5.41, 5.74) is 3.56. The molecule has 2 aromatic heterocycles. The number of benzene rings is 2. The number of ether oxygens (including phenoxy) is 8. The van der Waals surface area contributed by atoms with Crippen molar-refractivity contribution in [3.63, 3.8) is 0 Å². The molecule has 0 bridgehead atoms. The summed E-state index contributed by atoms with van der Waals surface area (Å²) in [6.07, 6.45) is 3.66. The van der Waals surface area contributed by atoms with Crippen LogP contribution in [0.1, 0.15) is 0 Å². The van der Waals surface area contributed by atoms with Crippen LogP contribution in [-0.4, -0.2) is 160 Å². The van der Waals surface area contributed by atoms with Gasteiger partial charge >= 0.3 is 5.13 Å². The highest BCUT2D eigenvalue weighted by Gasteiger charge is 2.13. The van der Waals surface area contributed by atoms with E-state index in [0.29, 0.717) is 137 Å². The Bertz CT molecular complexity index is 1710. The third-order valence-electron chi connectivity index (χ3n) is 8.46. The van der Waals surface area contributed by atoms with Gasteiger partial charge in [-0.3, -0.25) is 0 Å². The van der Waals surface area contributed by atoms with Crippen molar-refractivity contribution < 1.29 is 52.7 Å². The molecule has 0 radical (unpaired) electrons. The number of aryl methyl sites for hydroxylation is 1. The lowest BCUT2D eigenvalue weighted by Crippen LogP contribution is -2.38. The summed E-state index contributed by atoms with van der Waals surface area (Å²) in [5.74, 6) is 0. The average Bonchev–Trinajstić information content (AvgIpc) is 3.97. The molecule has 0 aliphatic heterocycles. The highest BCUT2D eigenvalue weighted by molar-refractivity contribution is 7.13. The molecule has 18 nitrogen and oxygen atoms in total. The highest BCUT2D eigenvalue weighted by atomic mass is 32.1. The molecular weight excluding hydrogens is 829 g/mol. The predicted molar refractivity (Wildman–Crippen MR) is 234 cm³/mol. The van der Waals surface area contributed by atoms with E-state index in [2.05, 4.69) is 47.4 Å². The summed E-state index contributed by atoms with van der Waals surface area (Å²) in [5, 5.41) is 40.3.